The third-order valence-electron chi connectivity index (χ3n) is 4.20. The van der Waals surface area contributed by atoms with Crippen molar-refractivity contribution in [3.63, 3.8) is 0 Å². The summed E-state index contributed by atoms with van der Waals surface area (Å²) in [6.45, 7) is 7.51. The molecule has 1 heterocycles. The molecule has 112 valence electrons. The summed E-state index contributed by atoms with van der Waals surface area (Å²) in [6.07, 6.45) is 5.34. The van der Waals surface area contributed by atoms with Gasteiger partial charge in [-0.2, -0.15) is 0 Å². The molecule has 0 radical (unpaired) electrons. The lowest BCUT2D eigenvalue weighted by molar-refractivity contribution is 0.00213. The molecule has 2 atom stereocenters. The number of hydrogen-bond acceptors (Lipinski definition) is 2. The minimum absolute atomic E-state index is 0.166. The molecule has 1 aromatic rings. The van der Waals surface area contributed by atoms with Crippen LogP contribution in [0.2, 0.25) is 0 Å². The maximum Gasteiger partial charge on any atom is 0.0791 e. The Kier molecular flexibility index (Phi) is 5.22. The molecule has 20 heavy (non-hydrogen) atoms. The van der Waals surface area contributed by atoms with Gasteiger partial charge < -0.3 is 9.84 Å². The molecule has 0 aromatic heterocycles. The van der Waals surface area contributed by atoms with E-state index in [1.54, 1.807) is 0 Å². The first kappa shape index (κ1) is 15.5. The fourth-order valence-corrected chi connectivity index (χ4v) is 2.75. The van der Waals surface area contributed by atoms with Crippen LogP contribution in [0, 0.1) is 0 Å². The maximum atomic E-state index is 10.3. The first-order valence-corrected chi connectivity index (χ1v) is 7.87. The topological polar surface area (TPSA) is 29.5 Å². The highest BCUT2D eigenvalue weighted by Gasteiger charge is 2.17. The Morgan fingerprint density at radius 3 is 2.45 bits per heavy atom. The molecule has 2 heteroatoms. The number of aliphatic hydroxyl groups excluding tert-OH is 1. The fraction of sp³-hybridized carbons (Fsp3) is 0.667. The van der Waals surface area contributed by atoms with E-state index in [1.807, 2.05) is 0 Å². The monoisotopic (exact) mass is 276 g/mol. The highest BCUT2D eigenvalue weighted by molar-refractivity contribution is 5.28. The third-order valence-corrected chi connectivity index (χ3v) is 4.20. The lowest BCUT2D eigenvalue weighted by Crippen LogP contribution is -2.19. The second kappa shape index (κ2) is 6.73. The predicted molar refractivity (Wildman–Crippen MR) is 82.9 cm³/mol. The average molecular weight is 276 g/mol. The van der Waals surface area contributed by atoms with Crippen molar-refractivity contribution in [2.45, 2.75) is 70.5 Å². The van der Waals surface area contributed by atoms with E-state index >= 15 is 0 Å². The SMILES string of the molecule is CC(C)(C)c1ccc(C(O)CCC2CCCCO2)cc1. The summed E-state index contributed by atoms with van der Waals surface area (Å²) in [5.41, 5.74) is 2.50. The zero-order chi connectivity index (χ0) is 14.6. The van der Waals surface area contributed by atoms with Crippen molar-refractivity contribution in [3.05, 3.63) is 35.4 Å². The van der Waals surface area contributed by atoms with Gasteiger partial charge in [0.05, 0.1) is 12.2 Å². The van der Waals surface area contributed by atoms with Crippen LogP contribution in [0.3, 0.4) is 0 Å². The Morgan fingerprint density at radius 1 is 1.20 bits per heavy atom. The third kappa shape index (κ3) is 4.32. The number of ether oxygens (including phenoxy) is 1. The van der Waals surface area contributed by atoms with Crippen LogP contribution in [0.25, 0.3) is 0 Å². The molecule has 1 aromatic carbocycles. The molecule has 2 rings (SSSR count). The van der Waals surface area contributed by atoms with Crippen molar-refractivity contribution in [3.8, 4) is 0 Å². The van der Waals surface area contributed by atoms with Crippen LogP contribution in [-0.4, -0.2) is 17.8 Å². The number of rotatable bonds is 4. The Labute approximate surface area is 123 Å². The molecule has 2 unspecified atom stereocenters. The van der Waals surface area contributed by atoms with Gasteiger partial charge in [-0.05, 0) is 48.6 Å². The highest BCUT2D eigenvalue weighted by atomic mass is 16.5. The summed E-state index contributed by atoms with van der Waals surface area (Å²) in [5.74, 6) is 0. The minimum atomic E-state index is -0.366. The van der Waals surface area contributed by atoms with Crippen LogP contribution in [0.5, 0.6) is 0 Å². The van der Waals surface area contributed by atoms with Gasteiger partial charge in [-0.3, -0.25) is 0 Å². The molecule has 1 aliphatic heterocycles. The predicted octanol–water partition coefficient (Wildman–Crippen LogP) is 4.37. The quantitative estimate of drug-likeness (QED) is 0.885. The molecule has 2 nitrogen and oxygen atoms in total. The lowest BCUT2D eigenvalue weighted by atomic mass is 9.86. The van der Waals surface area contributed by atoms with Crippen molar-refractivity contribution >= 4 is 0 Å². The molecular formula is C18H28O2. The summed E-state index contributed by atoms with van der Waals surface area (Å²) >= 11 is 0. The van der Waals surface area contributed by atoms with Gasteiger partial charge >= 0.3 is 0 Å². The first-order valence-electron chi connectivity index (χ1n) is 7.87. The Balaban J connectivity index is 1.87. The summed E-state index contributed by atoms with van der Waals surface area (Å²) in [4.78, 5) is 0. The summed E-state index contributed by atoms with van der Waals surface area (Å²) in [5, 5.41) is 10.3. The van der Waals surface area contributed by atoms with E-state index in [4.69, 9.17) is 4.74 Å². The summed E-state index contributed by atoms with van der Waals surface area (Å²) < 4.78 is 5.72. The zero-order valence-electron chi connectivity index (χ0n) is 13.1. The second-order valence-electron chi connectivity index (χ2n) is 6.95. The molecule has 0 amide bonds. The molecule has 1 fully saturated rings. The van der Waals surface area contributed by atoms with E-state index in [-0.39, 0.29) is 11.5 Å². The average Bonchev–Trinajstić information content (AvgIpc) is 2.45. The van der Waals surface area contributed by atoms with Crippen molar-refractivity contribution in [1.82, 2.24) is 0 Å². The van der Waals surface area contributed by atoms with Crippen LogP contribution in [0.4, 0.5) is 0 Å². The van der Waals surface area contributed by atoms with Crippen molar-refractivity contribution in [2.75, 3.05) is 6.61 Å². The van der Waals surface area contributed by atoms with Gasteiger partial charge in [0.1, 0.15) is 0 Å². The van der Waals surface area contributed by atoms with E-state index in [1.165, 1.54) is 18.4 Å². The molecule has 0 spiro atoms. The van der Waals surface area contributed by atoms with Gasteiger partial charge in [0.2, 0.25) is 0 Å². The van der Waals surface area contributed by atoms with Crippen molar-refractivity contribution in [2.24, 2.45) is 0 Å². The van der Waals surface area contributed by atoms with E-state index < -0.39 is 0 Å². The highest BCUT2D eigenvalue weighted by Crippen LogP contribution is 2.27. The van der Waals surface area contributed by atoms with E-state index in [9.17, 15) is 5.11 Å². The van der Waals surface area contributed by atoms with Crippen LogP contribution in [-0.2, 0) is 10.2 Å². The van der Waals surface area contributed by atoms with Crippen LogP contribution >= 0.6 is 0 Å². The van der Waals surface area contributed by atoms with Crippen LogP contribution in [0.15, 0.2) is 24.3 Å². The van der Waals surface area contributed by atoms with E-state index in [0.717, 1.165) is 31.4 Å². The van der Waals surface area contributed by atoms with Crippen LogP contribution < -0.4 is 0 Å². The van der Waals surface area contributed by atoms with Gasteiger partial charge in [0, 0.05) is 6.61 Å². The smallest absolute Gasteiger partial charge is 0.0791 e. The lowest BCUT2D eigenvalue weighted by Gasteiger charge is -2.24. The van der Waals surface area contributed by atoms with Crippen molar-refractivity contribution in [1.29, 1.82) is 0 Å². The van der Waals surface area contributed by atoms with Gasteiger partial charge in [-0.15, -0.1) is 0 Å². The number of aliphatic hydroxyl groups is 1. The largest absolute Gasteiger partial charge is 0.388 e. The Hall–Kier alpha value is -0.860. The molecule has 0 saturated carbocycles. The zero-order valence-corrected chi connectivity index (χ0v) is 13.1. The number of benzene rings is 1. The minimum Gasteiger partial charge on any atom is -0.388 e. The van der Waals surface area contributed by atoms with Gasteiger partial charge in [0.25, 0.3) is 0 Å². The molecule has 0 aliphatic carbocycles. The Morgan fingerprint density at radius 2 is 1.90 bits per heavy atom. The normalized spacial score (nSPS) is 21.7. The standard InChI is InChI=1S/C18H28O2/c1-18(2,3)15-9-7-14(8-10-15)17(19)12-11-16-6-4-5-13-20-16/h7-10,16-17,19H,4-6,11-13H2,1-3H3. The molecule has 1 aliphatic rings. The van der Waals surface area contributed by atoms with Gasteiger partial charge in [-0.25, -0.2) is 0 Å². The maximum absolute atomic E-state index is 10.3. The second-order valence-corrected chi connectivity index (χ2v) is 6.95. The number of hydrogen-bond donors (Lipinski definition) is 1. The van der Waals surface area contributed by atoms with E-state index in [0.29, 0.717) is 6.10 Å². The Bertz CT molecular complexity index is 396. The summed E-state index contributed by atoms with van der Waals surface area (Å²) in [6, 6.07) is 8.39. The van der Waals surface area contributed by atoms with Crippen molar-refractivity contribution < 1.29 is 9.84 Å². The molecule has 1 N–H and O–H groups in total. The first-order chi connectivity index (χ1) is 9.47. The molecule has 1 saturated heterocycles. The molecule has 0 bridgehead atoms. The van der Waals surface area contributed by atoms with Crippen LogP contribution in [0.1, 0.15) is 70.1 Å². The van der Waals surface area contributed by atoms with Gasteiger partial charge in [0.15, 0.2) is 0 Å². The fourth-order valence-electron chi connectivity index (χ4n) is 2.75. The molecular weight excluding hydrogens is 248 g/mol. The van der Waals surface area contributed by atoms with E-state index in [2.05, 4.69) is 45.0 Å². The summed E-state index contributed by atoms with van der Waals surface area (Å²) in [7, 11) is 0. The van der Waals surface area contributed by atoms with Gasteiger partial charge in [-0.1, -0.05) is 45.0 Å².